The first-order valence-corrected chi connectivity index (χ1v) is 16.8. The highest BCUT2D eigenvalue weighted by molar-refractivity contribution is 5.68. The SMILES string of the molecule is C=CCOC(=O)NCc1cccc(-c2cccc(C3OC(CN4CCN(c5ccc([N+](=O)[O-])cc5)CC4)CC(c4ccc(CO)cc4)O3)c2)c1. The minimum Gasteiger partial charge on any atom is -0.445 e. The topological polar surface area (TPSA) is 127 Å². The number of nitro groups is 1. The molecule has 2 aliphatic heterocycles. The molecule has 6 rings (SSSR count). The highest BCUT2D eigenvalue weighted by Gasteiger charge is 2.34. The Hall–Kier alpha value is -5.07. The van der Waals surface area contributed by atoms with Gasteiger partial charge in [0, 0.05) is 69.1 Å². The van der Waals surface area contributed by atoms with Crippen LogP contribution in [0.15, 0.2) is 110 Å². The Morgan fingerprint density at radius 3 is 2.34 bits per heavy atom. The summed E-state index contributed by atoms with van der Waals surface area (Å²) in [5.74, 6) is 0. The van der Waals surface area contributed by atoms with Crippen LogP contribution in [0, 0.1) is 10.1 Å². The molecular formula is C39H42N4O7. The van der Waals surface area contributed by atoms with Crippen molar-refractivity contribution in [1.82, 2.24) is 10.2 Å². The van der Waals surface area contributed by atoms with Crippen molar-refractivity contribution in [3.8, 4) is 11.1 Å². The fourth-order valence-electron chi connectivity index (χ4n) is 6.38. The number of benzene rings is 4. The molecule has 3 atom stereocenters. The summed E-state index contributed by atoms with van der Waals surface area (Å²) in [6, 6.07) is 30.8. The maximum absolute atomic E-state index is 11.9. The molecule has 0 aliphatic carbocycles. The lowest BCUT2D eigenvalue weighted by molar-refractivity contribution is -0.384. The second kappa shape index (κ2) is 16.6. The zero-order valence-electron chi connectivity index (χ0n) is 27.9. The number of hydrogen-bond donors (Lipinski definition) is 2. The number of alkyl carbamates (subject to hydrolysis) is 1. The number of anilines is 1. The van der Waals surface area contributed by atoms with Crippen molar-refractivity contribution in [2.45, 2.75) is 38.1 Å². The summed E-state index contributed by atoms with van der Waals surface area (Å²) in [7, 11) is 0. The number of nitrogens with one attached hydrogen (secondary N) is 1. The van der Waals surface area contributed by atoms with E-state index >= 15 is 0 Å². The van der Waals surface area contributed by atoms with Crippen molar-refractivity contribution < 1.29 is 29.0 Å². The fraction of sp³-hybridized carbons (Fsp3) is 0.308. The molecule has 0 radical (unpaired) electrons. The van der Waals surface area contributed by atoms with Gasteiger partial charge in [0.2, 0.25) is 0 Å². The van der Waals surface area contributed by atoms with E-state index in [1.165, 1.54) is 6.08 Å². The molecule has 0 bridgehead atoms. The Bertz CT molecular complexity index is 1760. The molecule has 2 aliphatic rings. The smallest absolute Gasteiger partial charge is 0.407 e. The van der Waals surface area contributed by atoms with Gasteiger partial charge in [0.25, 0.3) is 5.69 Å². The van der Waals surface area contributed by atoms with Crippen LogP contribution in [0.25, 0.3) is 11.1 Å². The predicted octanol–water partition coefficient (Wildman–Crippen LogP) is 6.53. The van der Waals surface area contributed by atoms with Gasteiger partial charge in [-0.2, -0.15) is 0 Å². The minimum absolute atomic E-state index is 0.0184. The van der Waals surface area contributed by atoms with Gasteiger partial charge in [-0.25, -0.2) is 4.79 Å². The number of nitro benzene ring substituents is 1. The van der Waals surface area contributed by atoms with E-state index in [-0.39, 0.29) is 36.0 Å². The van der Waals surface area contributed by atoms with Crippen LogP contribution in [-0.4, -0.2) is 66.5 Å². The summed E-state index contributed by atoms with van der Waals surface area (Å²) >= 11 is 0. The van der Waals surface area contributed by atoms with Crippen LogP contribution in [0.5, 0.6) is 0 Å². The standard InChI is InChI=1S/C39H42N4O7/c1-2-21-48-39(45)40-25-29-5-3-6-31(22-29)32-7-4-8-33(23-32)38-49-36(24-37(50-38)30-11-9-28(27-44)10-12-30)26-41-17-19-42(20-18-41)34-13-15-35(16-14-34)43(46)47/h2-16,22-23,36-38,44H,1,17-21,24-27H2,(H,40,45). The molecule has 2 N–H and O–H groups in total. The van der Waals surface area contributed by atoms with Crippen LogP contribution in [0.3, 0.4) is 0 Å². The average molecular weight is 679 g/mol. The molecular weight excluding hydrogens is 636 g/mol. The van der Waals surface area contributed by atoms with Crippen molar-refractivity contribution in [3.63, 3.8) is 0 Å². The quantitative estimate of drug-likeness (QED) is 0.0977. The molecule has 4 aromatic rings. The fourth-order valence-corrected chi connectivity index (χ4v) is 6.38. The van der Waals surface area contributed by atoms with Crippen molar-refractivity contribution in [3.05, 3.63) is 142 Å². The largest absolute Gasteiger partial charge is 0.445 e. The third kappa shape index (κ3) is 8.93. The molecule has 0 spiro atoms. The Labute approximate surface area is 291 Å². The summed E-state index contributed by atoms with van der Waals surface area (Å²) in [6.07, 6.45) is 0.818. The summed E-state index contributed by atoms with van der Waals surface area (Å²) in [5, 5.41) is 23.4. The molecule has 0 aromatic heterocycles. The summed E-state index contributed by atoms with van der Waals surface area (Å²) < 4.78 is 18.3. The van der Waals surface area contributed by atoms with Crippen molar-refractivity contribution in [1.29, 1.82) is 0 Å². The lowest BCUT2D eigenvalue weighted by Crippen LogP contribution is -2.49. The number of amides is 1. The maximum Gasteiger partial charge on any atom is 0.407 e. The zero-order valence-corrected chi connectivity index (χ0v) is 27.9. The number of non-ortho nitro benzene ring substituents is 1. The number of piperazine rings is 1. The lowest BCUT2D eigenvalue weighted by atomic mass is 9.98. The normalized spacial score (nSPS) is 19.5. The first kappa shape index (κ1) is 34.8. The van der Waals surface area contributed by atoms with Gasteiger partial charge in [0.05, 0.1) is 23.7 Å². The number of ether oxygens (including phenoxy) is 3. The number of aliphatic hydroxyl groups excluding tert-OH is 1. The van der Waals surface area contributed by atoms with E-state index in [1.54, 1.807) is 12.1 Å². The van der Waals surface area contributed by atoms with E-state index in [0.717, 1.165) is 71.8 Å². The molecule has 2 saturated heterocycles. The van der Waals surface area contributed by atoms with Gasteiger partial charge in [0.15, 0.2) is 6.29 Å². The van der Waals surface area contributed by atoms with Crippen molar-refractivity contribution in [2.75, 3.05) is 44.2 Å². The molecule has 11 heteroatoms. The highest BCUT2D eigenvalue weighted by Crippen LogP contribution is 2.39. The Morgan fingerprint density at radius 1 is 0.920 bits per heavy atom. The third-order valence-electron chi connectivity index (χ3n) is 9.06. The average Bonchev–Trinajstić information content (AvgIpc) is 3.16. The first-order chi connectivity index (χ1) is 24.4. The summed E-state index contributed by atoms with van der Waals surface area (Å²) in [5.41, 5.74) is 6.80. The van der Waals surface area contributed by atoms with Gasteiger partial charge in [-0.1, -0.05) is 73.3 Å². The van der Waals surface area contributed by atoms with Gasteiger partial charge in [0.1, 0.15) is 6.61 Å². The number of nitrogens with zero attached hydrogens (tertiary/aromatic N) is 3. The van der Waals surface area contributed by atoms with E-state index in [0.29, 0.717) is 13.0 Å². The van der Waals surface area contributed by atoms with Crippen LogP contribution in [0.1, 0.15) is 41.1 Å². The van der Waals surface area contributed by atoms with Crippen LogP contribution in [0.4, 0.5) is 16.2 Å². The third-order valence-corrected chi connectivity index (χ3v) is 9.06. The van der Waals surface area contributed by atoms with Crippen molar-refractivity contribution >= 4 is 17.5 Å². The van der Waals surface area contributed by atoms with Crippen LogP contribution in [0.2, 0.25) is 0 Å². The number of carbonyl (C=O) groups is 1. The van der Waals surface area contributed by atoms with E-state index in [2.05, 4.69) is 27.8 Å². The molecule has 0 saturated carbocycles. The second-order valence-electron chi connectivity index (χ2n) is 12.5. The Balaban J connectivity index is 1.15. The molecule has 1 amide bonds. The minimum atomic E-state index is -0.595. The maximum atomic E-state index is 11.9. The van der Waals surface area contributed by atoms with Crippen molar-refractivity contribution in [2.24, 2.45) is 0 Å². The molecule has 11 nitrogen and oxygen atoms in total. The molecule has 260 valence electrons. The van der Waals surface area contributed by atoms with Crippen LogP contribution >= 0.6 is 0 Å². The van der Waals surface area contributed by atoms with Gasteiger partial charge in [-0.3, -0.25) is 15.0 Å². The van der Waals surface area contributed by atoms with E-state index in [1.807, 2.05) is 78.9 Å². The van der Waals surface area contributed by atoms with Gasteiger partial charge < -0.3 is 29.5 Å². The van der Waals surface area contributed by atoms with Gasteiger partial charge in [-0.05, 0) is 52.1 Å². The Kier molecular flexibility index (Phi) is 11.5. The van der Waals surface area contributed by atoms with Gasteiger partial charge >= 0.3 is 6.09 Å². The number of rotatable bonds is 12. The van der Waals surface area contributed by atoms with Crippen LogP contribution in [-0.2, 0) is 27.4 Å². The Morgan fingerprint density at radius 2 is 1.64 bits per heavy atom. The predicted molar refractivity (Wildman–Crippen MR) is 190 cm³/mol. The van der Waals surface area contributed by atoms with E-state index in [9.17, 15) is 20.0 Å². The molecule has 2 heterocycles. The van der Waals surface area contributed by atoms with Gasteiger partial charge in [-0.15, -0.1) is 0 Å². The van der Waals surface area contributed by atoms with Crippen LogP contribution < -0.4 is 10.2 Å². The number of hydrogen-bond acceptors (Lipinski definition) is 9. The summed E-state index contributed by atoms with van der Waals surface area (Å²) in [6.45, 7) is 8.06. The second-order valence-corrected chi connectivity index (χ2v) is 12.5. The lowest BCUT2D eigenvalue weighted by Gasteiger charge is -2.41. The molecule has 3 unspecified atom stereocenters. The number of carbonyl (C=O) groups excluding carboxylic acids is 1. The summed E-state index contributed by atoms with van der Waals surface area (Å²) in [4.78, 5) is 27.3. The van der Waals surface area contributed by atoms with E-state index < -0.39 is 12.4 Å². The number of aliphatic hydroxyl groups is 1. The first-order valence-electron chi connectivity index (χ1n) is 16.8. The zero-order chi connectivity index (χ0) is 34.9. The van der Waals surface area contributed by atoms with E-state index in [4.69, 9.17) is 14.2 Å². The monoisotopic (exact) mass is 678 g/mol. The molecule has 2 fully saturated rings. The molecule has 4 aromatic carbocycles. The molecule has 50 heavy (non-hydrogen) atoms. The highest BCUT2D eigenvalue weighted by atomic mass is 16.7.